The fraction of sp³-hybridized carbons (Fsp3) is 0.316. The molecule has 1 fully saturated rings. The van der Waals surface area contributed by atoms with Crippen molar-refractivity contribution in [2.45, 2.75) is 19.3 Å². The number of amides is 1. The van der Waals surface area contributed by atoms with Gasteiger partial charge in [0.2, 0.25) is 5.91 Å². The lowest BCUT2D eigenvalue weighted by Gasteiger charge is -2.22. The van der Waals surface area contributed by atoms with Crippen LogP contribution in [0.1, 0.15) is 18.4 Å². The van der Waals surface area contributed by atoms with Crippen molar-refractivity contribution in [2.75, 3.05) is 30.4 Å². The Morgan fingerprint density at radius 2 is 1.96 bits per heavy atom. The van der Waals surface area contributed by atoms with Crippen LogP contribution in [0.4, 0.5) is 11.4 Å². The van der Waals surface area contributed by atoms with E-state index in [1.807, 2.05) is 42.5 Å². The number of rotatable bonds is 5. The Balaban J connectivity index is 1.77. The molecule has 1 aliphatic heterocycles. The van der Waals surface area contributed by atoms with E-state index < -0.39 is 0 Å². The summed E-state index contributed by atoms with van der Waals surface area (Å²) >= 11 is 6.13. The van der Waals surface area contributed by atoms with Gasteiger partial charge in [-0.05, 0) is 37.1 Å². The molecule has 0 spiro atoms. The number of carbonyl (C=O) groups excluding carboxylic acids is 1. The molecule has 1 saturated heterocycles. The highest BCUT2D eigenvalue weighted by Crippen LogP contribution is 2.31. The summed E-state index contributed by atoms with van der Waals surface area (Å²) < 4.78 is 5.31. The zero-order chi connectivity index (χ0) is 16.9. The van der Waals surface area contributed by atoms with Gasteiger partial charge in [0.15, 0.2) is 0 Å². The molecule has 1 N–H and O–H groups in total. The van der Waals surface area contributed by atoms with Gasteiger partial charge in [0, 0.05) is 23.7 Å². The monoisotopic (exact) mass is 344 g/mol. The number of nitrogens with zero attached hydrogens (tertiary/aromatic N) is 1. The maximum atomic E-state index is 12.5. The van der Waals surface area contributed by atoms with Crippen LogP contribution in [0.2, 0.25) is 5.02 Å². The topological polar surface area (TPSA) is 41.6 Å². The third kappa shape index (κ3) is 3.82. The van der Waals surface area contributed by atoms with Crippen molar-refractivity contribution in [3.05, 3.63) is 53.1 Å². The highest BCUT2D eigenvalue weighted by Gasteiger charge is 2.18. The zero-order valence-electron chi connectivity index (χ0n) is 13.7. The third-order valence-electron chi connectivity index (χ3n) is 4.22. The first kappa shape index (κ1) is 16.7. The van der Waals surface area contributed by atoms with E-state index in [4.69, 9.17) is 16.3 Å². The quantitative estimate of drug-likeness (QED) is 0.886. The normalized spacial score (nSPS) is 13.8. The van der Waals surface area contributed by atoms with Crippen molar-refractivity contribution >= 4 is 28.9 Å². The van der Waals surface area contributed by atoms with Crippen LogP contribution in [0.3, 0.4) is 0 Å². The molecule has 4 nitrogen and oxygen atoms in total. The second-order valence-corrected chi connectivity index (χ2v) is 6.33. The Morgan fingerprint density at radius 1 is 1.21 bits per heavy atom. The van der Waals surface area contributed by atoms with Crippen molar-refractivity contribution in [3.63, 3.8) is 0 Å². The molecule has 2 aromatic carbocycles. The number of para-hydroxylation sites is 1. The van der Waals surface area contributed by atoms with Crippen LogP contribution in [0.15, 0.2) is 42.5 Å². The molecule has 0 atom stereocenters. The Kier molecular flexibility index (Phi) is 5.26. The summed E-state index contributed by atoms with van der Waals surface area (Å²) in [5.74, 6) is 0.640. The van der Waals surface area contributed by atoms with Gasteiger partial charge in [-0.2, -0.15) is 0 Å². The van der Waals surface area contributed by atoms with E-state index in [0.717, 1.165) is 35.8 Å². The summed E-state index contributed by atoms with van der Waals surface area (Å²) in [7, 11) is 1.61. The maximum Gasteiger partial charge on any atom is 0.228 e. The molecular weight excluding hydrogens is 324 g/mol. The molecule has 126 valence electrons. The Bertz CT molecular complexity index is 727. The third-order valence-corrected chi connectivity index (χ3v) is 4.46. The van der Waals surface area contributed by atoms with Gasteiger partial charge in [-0.25, -0.2) is 0 Å². The number of halogens is 1. The fourth-order valence-electron chi connectivity index (χ4n) is 3.06. The van der Waals surface area contributed by atoms with Crippen LogP contribution in [0.25, 0.3) is 0 Å². The fourth-order valence-corrected chi connectivity index (χ4v) is 3.23. The van der Waals surface area contributed by atoms with Gasteiger partial charge >= 0.3 is 0 Å². The van der Waals surface area contributed by atoms with Crippen LogP contribution in [0.5, 0.6) is 5.75 Å². The lowest BCUT2D eigenvalue weighted by Crippen LogP contribution is -2.22. The van der Waals surface area contributed by atoms with E-state index >= 15 is 0 Å². The molecule has 0 radical (unpaired) electrons. The second kappa shape index (κ2) is 7.58. The molecule has 1 aliphatic rings. The minimum absolute atomic E-state index is 0.0813. The highest BCUT2D eigenvalue weighted by atomic mass is 35.5. The molecule has 2 aromatic rings. The molecule has 0 aromatic heterocycles. The van der Waals surface area contributed by atoms with E-state index in [0.29, 0.717) is 5.02 Å². The lowest BCUT2D eigenvalue weighted by atomic mass is 10.1. The molecule has 0 aliphatic carbocycles. The first-order valence-corrected chi connectivity index (χ1v) is 8.51. The lowest BCUT2D eigenvalue weighted by molar-refractivity contribution is -0.115. The van der Waals surface area contributed by atoms with Gasteiger partial charge < -0.3 is 15.0 Å². The molecule has 1 heterocycles. The number of methoxy groups -OCH3 is 1. The van der Waals surface area contributed by atoms with Crippen LogP contribution in [-0.4, -0.2) is 26.1 Å². The number of hydrogen-bond acceptors (Lipinski definition) is 3. The highest BCUT2D eigenvalue weighted by molar-refractivity contribution is 6.31. The number of nitrogens with one attached hydrogen (secondary N) is 1. The van der Waals surface area contributed by atoms with Gasteiger partial charge in [-0.15, -0.1) is 0 Å². The summed E-state index contributed by atoms with van der Waals surface area (Å²) in [5.41, 5.74) is 2.66. The van der Waals surface area contributed by atoms with Gasteiger partial charge in [0.05, 0.1) is 24.9 Å². The van der Waals surface area contributed by atoms with Gasteiger partial charge in [0.1, 0.15) is 5.75 Å². The minimum atomic E-state index is -0.0813. The van der Waals surface area contributed by atoms with E-state index in [-0.39, 0.29) is 12.3 Å². The average Bonchev–Trinajstić information content (AvgIpc) is 3.09. The van der Waals surface area contributed by atoms with E-state index in [9.17, 15) is 4.79 Å². The maximum absolute atomic E-state index is 12.5. The Hall–Kier alpha value is -2.20. The van der Waals surface area contributed by atoms with Crippen LogP contribution in [-0.2, 0) is 11.2 Å². The minimum Gasteiger partial charge on any atom is -0.496 e. The van der Waals surface area contributed by atoms with Crippen molar-refractivity contribution in [2.24, 2.45) is 0 Å². The van der Waals surface area contributed by atoms with Gasteiger partial charge in [-0.3, -0.25) is 4.79 Å². The van der Waals surface area contributed by atoms with Crippen molar-refractivity contribution in [3.8, 4) is 5.75 Å². The van der Waals surface area contributed by atoms with Crippen molar-refractivity contribution in [1.82, 2.24) is 0 Å². The summed E-state index contributed by atoms with van der Waals surface area (Å²) in [5, 5.41) is 3.62. The van der Waals surface area contributed by atoms with Crippen LogP contribution < -0.4 is 15.0 Å². The number of anilines is 2. The molecule has 0 unspecified atom stereocenters. The SMILES string of the molecule is COc1ccccc1CC(=O)Nc1cc(Cl)ccc1N1CCCC1. The van der Waals surface area contributed by atoms with Crippen molar-refractivity contribution in [1.29, 1.82) is 0 Å². The predicted octanol–water partition coefficient (Wildman–Crippen LogP) is 4.13. The first-order valence-electron chi connectivity index (χ1n) is 8.13. The molecule has 0 bridgehead atoms. The first-order chi connectivity index (χ1) is 11.7. The van der Waals surface area contributed by atoms with E-state index in [1.54, 1.807) is 7.11 Å². The average molecular weight is 345 g/mol. The second-order valence-electron chi connectivity index (χ2n) is 5.89. The summed E-state index contributed by atoms with van der Waals surface area (Å²) in [6.07, 6.45) is 2.62. The molecule has 3 rings (SSSR count). The van der Waals surface area contributed by atoms with Crippen LogP contribution >= 0.6 is 11.6 Å². The molecule has 5 heteroatoms. The Labute approximate surface area is 147 Å². The summed E-state index contributed by atoms with van der Waals surface area (Å²) in [6, 6.07) is 13.2. The summed E-state index contributed by atoms with van der Waals surface area (Å²) in [4.78, 5) is 14.8. The number of hydrogen-bond donors (Lipinski definition) is 1. The van der Waals surface area contributed by atoms with Crippen molar-refractivity contribution < 1.29 is 9.53 Å². The van der Waals surface area contributed by atoms with Crippen LogP contribution in [0, 0.1) is 0 Å². The molecule has 0 saturated carbocycles. The molecule has 1 amide bonds. The van der Waals surface area contributed by atoms with Gasteiger partial charge in [-0.1, -0.05) is 29.8 Å². The van der Waals surface area contributed by atoms with E-state index in [1.165, 1.54) is 12.8 Å². The molecular formula is C19H21ClN2O2. The smallest absolute Gasteiger partial charge is 0.228 e. The zero-order valence-corrected chi connectivity index (χ0v) is 14.5. The number of ether oxygens (including phenoxy) is 1. The Morgan fingerprint density at radius 3 is 2.71 bits per heavy atom. The van der Waals surface area contributed by atoms with E-state index in [2.05, 4.69) is 10.2 Å². The van der Waals surface area contributed by atoms with Gasteiger partial charge in [0.25, 0.3) is 0 Å². The standard InChI is InChI=1S/C19H21ClN2O2/c1-24-18-7-3-2-6-14(18)12-19(23)21-16-13-15(20)8-9-17(16)22-10-4-5-11-22/h2-3,6-9,13H,4-5,10-12H2,1H3,(H,21,23). The number of carbonyl (C=O) groups is 1. The summed E-state index contributed by atoms with van der Waals surface area (Å²) in [6.45, 7) is 2.02. The largest absolute Gasteiger partial charge is 0.496 e. The number of benzene rings is 2. The molecule has 24 heavy (non-hydrogen) atoms. The predicted molar refractivity (Wildman–Crippen MR) is 98.2 cm³/mol.